The maximum Gasteiger partial charge on any atom is 0.417 e. The van der Waals surface area contributed by atoms with Gasteiger partial charge in [0.25, 0.3) is 0 Å². The summed E-state index contributed by atoms with van der Waals surface area (Å²) in [5, 5.41) is 7.09. The first kappa shape index (κ1) is 20.8. The van der Waals surface area contributed by atoms with Crippen LogP contribution in [0.3, 0.4) is 0 Å². The molecule has 3 heterocycles. The monoisotopic (exact) mass is 433 g/mol. The maximum atomic E-state index is 13.0. The van der Waals surface area contributed by atoms with Crippen LogP contribution in [0.1, 0.15) is 12.0 Å². The number of carbonyl (C=O) groups is 1. The summed E-state index contributed by atoms with van der Waals surface area (Å²) in [6.45, 7) is 1.07. The van der Waals surface area contributed by atoms with Crippen LogP contribution in [0.4, 0.5) is 23.4 Å². The molecule has 1 aromatic carbocycles. The molecule has 0 radical (unpaired) electrons. The molecule has 1 fully saturated rings. The molecule has 3 aromatic rings. The number of alkyl halides is 3. The molecule has 162 valence electrons. The molecule has 1 aliphatic heterocycles. The van der Waals surface area contributed by atoms with Gasteiger partial charge in [0.2, 0.25) is 5.91 Å². The molecule has 1 saturated heterocycles. The molecule has 0 saturated carbocycles. The van der Waals surface area contributed by atoms with E-state index in [-0.39, 0.29) is 24.3 Å². The lowest BCUT2D eigenvalue weighted by atomic mass is 10.1. The van der Waals surface area contributed by atoms with Gasteiger partial charge in [0.15, 0.2) is 0 Å². The molecule has 10 heteroatoms. The molecule has 1 atom stereocenters. The minimum absolute atomic E-state index is 0.0240. The number of hydrogen-bond donors (Lipinski definition) is 1. The molecular weight excluding hydrogens is 414 g/mol. The molecule has 1 aliphatic rings. The Balaban J connectivity index is 1.30. The molecule has 0 bridgehead atoms. The lowest BCUT2D eigenvalue weighted by Crippen LogP contribution is -2.39. The van der Waals surface area contributed by atoms with Crippen molar-refractivity contribution in [2.75, 3.05) is 18.0 Å². The SMILES string of the molecule is O=C(Cn1cc(-c2ccc(F)cc2)cn1)N[C@@H]1CCN(c2ccc(C(F)(F)F)cn2)C1. The summed E-state index contributed by atoms with van der Waals surface area (Å²) < 4.78 is 52.6. The minimum atomic E-state index is -4.42. The van der Waals surface area contributed by atoms with Crippen molar-refractivity contribution in [2.45, 2.75) is 25.2 Å². The van der Waals surface area contributed by atoms with E-state index in [1.165, 1.54) is 22.9 Å². The number of aromatic nitrogens is 3. The summed E-state index contributed by atoms with van der Waals surface area (Å²) in [7, 11) is 0. The van der Waals surface area contributed by atoms with Gasteiger partial charge in [-0.15, -0.1) is 0 Å². The third kappa shape index (κ3) is 5.01. The summed E-state index contributed by atoms with van der Waals surface area (Å²) in [5.41, 5.74) is 0.774. The zero-order valence-electron chi connectivity index (χ0n) is 16.3. The highest BCUT2D eigenvalue weighted by Gasteiger charge is 2.31. The van der Waals surface area contributed by atoms with Crippen molar-refractivity contribution in [3.63, 3.8) is 0 Å². The van der Waals surface area contributed by atoms with E-state index in [0.717, 1.165) is 23.4 Å². The topological polar surface area (TPSA) is 63.1 Å². The lowest BCUT2D eigenvalue weighted by Gasteiger charge is -2.18. The number of hydrogen-bond acceptors (Lipinski definition) is 4. The second-order valence-corrected chi connectivity index (χ2v) is 7.34. The van der Waals surface area contributed by atoms with Crippen LogP contribution >= 0.6 is 0 Å². The first-order valence-corrected chi connectivity index (χ1v) is 9.64. The van der Waals surface area contributed by atoms with Gasteiger partial charge in [0.1, 0.15) is 18.2 Å². The minimum Gasteiger partial charge on any atom is -0.354 e. The molecule has 6 nitrogen and oxygen atoms in total. The first-order chi connectivity index (χ1) is 14.8. The predicted molar refractivity (Wildman–Crippen MR) is 106 cm³/mol. The Kier molecular flexibility index (Phi) is 5.62. The zero-order chi connectivity index (χ0) is 22.0. The summed E-state index contributed by atoms with van der Waals surface area (Å²) in [6, 6.07) is 8.20. The highest BCUT2D eigenvalue weighted by Crippen LogP contribution is 2.30. The first-order valence-electron chi connectivity index (χ1n) is 9.64. The molecule has 2 aromatic heterocycles. The standard InChI is InChI=1S/C21H19F4N5O/c22-17-4-1-14(2-5-17)15-9-27-30(11-15)13-20(31)28-18-7-8-29(12-18)19-6-3-16(10-26-19)21(23,24)25/h1-6,9-11,18H,7-8,12-13H2,(H,28,31)/t18-/m1/s1. The van der Waals surface area contributed by atoms with Crippen LogP contribution in [0.25, 0.3) is 11.1 Å². The van der Waals surface area contributed by atoms with Crippen molar-refractivity contribution in [3.05, 3.63) is 66.4 Å². The Morgan fingerprint density at radius 2 is 1.87 bits per heavy atom. The smallest absolute Gasteiger partial charge is 0.354 e. The third-order valence-corrected chi connectivity index (χ3v) is 5.07. The average Bonchev–Trinajstić information content (AvgIpc) is 3.38. The molecule has 1 amide bonds. The molecule has 0 unspecified atom stereocenters. The Morgan fingerprint density at radius 1 is 1.10 bits per heavy atom. The summed E-state index contributed by atoms with van der Waals surface area (Å²) in [5.74, 6) is -0.102. The quantitative estimate of drug-likeness (QED) is 0.626. The summed E-state index contributed by atoms with van der Waals surface area (Å²) in [6.07, 6.45) is 0.371. The van der Waals surface area contributed by atoms with Crippen LogP contribution < -0.4 is 10.2 Å². The van der Waals surface area contributed by atoms with Crippen LogP contribution in [0, 0.1) is 5.82 Å². The van der Waals surface area contributed by atoms with Crippen molar-refractivity contribution in [2.24, 2.45) is 0 Å². The zero-order valence-corrected chi connectivity index (χ0v) is 16.3. The molecular formula is C21H19F4N5O. The van der Waals surface area contributed by atoms with Crippen molar-refractivity contribution in [1.29, 1.82) is 0 Å². The van der Waals surface area contributed by atoms with E-state index in [4.69, 9.17) is 0 Å². The molecule has 0 aliphatic carbocycles. The van der Waals surface area contributed by atoms with Crippen LogP contribution in [-0.2, 0) is 17.5 Å². The molecule has 31 heavy (non-hydrogen) atoms. The van der Waals surface area contributed by atoms with E-state index in [0.29, 0.717) is 25.3 Å². The number of pyridine rings is 1. The Bertz CT molecular complexity index is 1050. The number of benzene rings is 1. The van der Waals surface area contributed by atoms with Gasteiger partial charge >= 0.3 is 6.18 Å². The normalized spacial score (nSPS) is 16.5. The fourth-order valence-electron chi connectivity index (χ4n) is 3.49. The number of nitrogens with zero attached hydrogens (tertiary/aromatic N) is 4. The molecule has 1 N–H and O–H groups in total. The van der Waals surface area contributed by atoms with Crippen molar-refractivity contribution in [3.8, 4) is 11.1 Å². The highest BCUT2D eigenvalue weighted by molar-refractivity contribution is 5.76. The van der Waals surface area contributed by atoms with E-state index in [2.05, 4.69) is 15.4 Å². The summed E-state index contributed by atoms with van der Waals surface area (Å²) >= 11 is 0. The van der Waals surface area contributed by atoms with Gasteiger partial charge in [-0.05, 0) is 36.2 Å². The number of carbonyl (C=O) groups excluding carboxylic acids is 1. The fraction of sp³-hybridized carbons (Fsp3) is 0.286. The van der Waals surface area contributed by atoms with Crippen LogP contribution in [0.15, 0.2) is 55.0 Å². The number of anilines is 1. The number of rotatable bonds is 5. The second kappa shape index (κ2) is 8.37. The van der Waals surface area contributed by atoms with Gasteiger partial charge in [-0.3, -0.25) is 9.48 Å². The van der Waals surface area contributed by atoms with Gasteiger partial charge < -0.3 is 10.2 Å². The number of halogens is 4. The Hall–Kier alpha value is -3.43. The molecule has 0 spiro atoms. The number of amides is 1. The van der Waals surface area contributed by atoms with Crippen molar-refractivity contribution < 1.29 is 22.4 Å². The van der Waals surface area contributed by atoms with Crippen molar-refractivity contribution >= 4 is 11.7 Å². The average molecular weight is 433 g/mol. The van der Waals surface area contributed by atoms with Gasteiger partial charge in [-0.1, -0.05) is 12.1 Å². The van der Waals surface area contributed by atoms with Crippen LogP contribution in [0.2, 0.25) is 0 Å². The largest absolute Gasteiger partial charge is 0.417 e. The number of nitrogens with one attached hydrogen (secondary N) is 1. The van der Waals surface area contributed by atoms with E-state index in [1.807, 2.05) is 4.90 Å². The maximum absolute atomic E-state index is 13.0. The second-order valence-electron chi connectivity index (χ2n) is 7.34. The highest BCUT2D eigenvalue weighted by atomic mass is 19.4. The lowest BCUT2D eigenvalue weighted by molar-refractivity contribution is -0.137. The van der Waals surface area contributed by atoms with Crippen molar-refractivity contribution in [1.82, 2.24) is 20.1 Å². The van der Waals surface area contributed by atoms with E-state index >= 15 is 0 Å². The van der Waals surface area contributed by atoms with Crippen LogP contribution in [0.5, 0.6) is 0 Å². The summed E-state index contributed by atoms with van der Waals surface area (Å²) in [4.78, 5) is 18.1. The van der Waals surface area contributed by atoms with E-state index < -0.39 is 11.7 Å². The van der Waals surface area contributed by atoms with Gasteiger partial charge in [0, 0.05) is 37.1 Å². The third-order valence-electron chi connectivity index (χ3n) is 5.07. The Labute approximate surface area is 175 Å². The fourth-order valence-corrected chi connectivity index (χ4v) is 3.49. The van der Waals surface area contributed by atoms with Gasteiger partial charge in [-0.2, -0.15) is 18.3 Å². The van der Waals surface area contributed by atoms with Gasteiger partial charge in [-0.25, -0.2) is 9.37 Å². The van der Waals surface area contributed by atoms with Gasteiger partial charge in [0.05, 0.1) is 11.8 Å². The van der Waals surface area contributed by atoms with E-state index in [1.54, 1.807) is 24.5 Å². The van der Waals surface area contributed by atoms with Crippen LogP contribution in [-0.4, -0.2) is 39.8 Å². The van der Waals surface area contributed by atoms with E-state index in [9.17, 15) is 22.4 Å². The predicted octanol–water partition coefficient (Wildman–Crippen LogP) is 3.50. The Morgan fingerprint density at radius 3 is 2.55 bits per heavy atom. The molecule has 4 rings (SSSR count).